The van der Waals surface area contributed by atoms with Crippen molar-refractivity contribution in [3.63, 3.8) is 0 Å². The van der Waals surface area contributed by atoms with Crippen LogP contribution in [-0.2, 0) is 0 Å². The van der Waals surface area contributed by atoms with Crippen molar-refractivity contribution in [3.05, 3.63) is 57.5 Å². The fourth-order valence-corrected chi connectivity index (χ4v) is 2.09. The Kier molecular flexibility index (Phi) is 4.10. The molecule has 20 heavy (non-hydrogen) atoms. The highest BCUT2D eigenvalue weighted by molar-refractivity contribution is 6.33. The number of nitrogens with zero attached hydrogens (tertiary/aromatic N) is 1. The number of benzene rings is 1. The highest BCUT2D eigenvalue weighted by atomic mass is 35.5. The molecule has 2 aromatic rings. The lowest BCUT2D eigenvalue weighted by Crippen LogP contribution is -2.20. The first-order valence-corrected chi connectivity index (χ1v) is 6.32. The maximum Gasteiger partial charge on any atom is 0.261 e. The standard InChI is InChI=1S/C14H14ClN3O2/c1-18(2)12-4-3-9(7-11(12)15)17-14(20)10-8-16-6-5-13(10)19/h3-8H,1-2H3,(H,16,19)(H,17,20). The van der Waals surface area contributed by atoms with E-state index in [1.807, 2.05) is 19.0 Å². The Morgan fingerprint density at radius 2 is 2.05 bits per heavy atom. The van der Waals surface area contributed by atoms with Crippen LogP contribution in [0.25, 0.3) is 0 Å². The predicted molar refractivity (Wildman–Crippen MR) is 80.8 cm³/mol. The number of hydrogen-bond donors (Lipinski definition) is 2. The van der Waals surface area contributed by atoms with Crippen LogP contribution in [0.3, 0.4) is 0 Å². The van der Waals surface area contributed by atoms with Crippen molar-refractivity contribution in [1.82, 2.24) is 4.98 Å². The number of halogens is 1. The molecule has 0 aliphatic heterocycles. The molecule has 0 aliphatic carbocycles. The van der Waals surface area contributed by atoms with Crippen LogP contribution in [0.15, 0.2) is 41.5 Å². The fraction of sp³-hybridized carbons (Fsp3) is 0.143. The smallest absolute Gasteiger partial charge is 0.261 e. The van der Waals surface area contributed by atoms with Crippen molar-refractivity contribution in [2.24, 2.45) is 0 Å². The van der Waals surface area contributed by atoms with Gasteiger partial charge < -0.3 is 15.2 Å². The summed E-state index contributed by atoms with van der Waals surface area (Å²) in [6.45, 7) is 0. The van der Waals surface area contributed by atoms with Gasteiger partial charge in [0.2, 0.25) is 0 Å². The minimum Gasteiger partial charge on any atom is -0.376 e. The first kappa shape index (κ1) is 14.1. The molecular weight excluding hydrogens is 278 g/mol. The van der Waals surface area contributed by atoms with Crippen LogP contribution in [-0.4, -0.2) is 25.0 Å². The molecule has 0 bridgehead atoms. The Hall–Kier alpha value is -2.27. The zero-order valence-corrected chi connectivity index (χ0v) is 11.9. The monoisotopic (exact) mass is 291 g/mol. The van der Waals surface area contributed by atoms with Gasteiger partial charge >= 0.3 is 0 Å². The first-order valence-electron chi connectivity index (χ1n) is 5.94. The van der Waals surface area contributed by atoms with Crippen LogP contribution in [0.4, 0.5) is 11.4 Å². The molecule has 1 amide bonds. The minimum absolute atomic E-state index is 0.0558. The normalized spacial score (nSPS) is 10.2. The second kappa shape index (κ2) is 5.79. The average molecular weight is 292 g/mol. The molecule has 0 radical (unpaired) electrons. The van der Waals surface area contributed by atoms with Crippen LogP contribution in [0.1, 0.15) is 10.4 Å². The summed E-state index contributed by atoms with van der Waals surface area (Å²) >= 11 is 6.12. The van der Waals surface area contributed by atoms with E-state index in [2.05, 4.69) is 10.3 Å². The van der Waals surface area contributed by atoms with Gasteiger partial charge in [0, 0.05) is 38.2 Å². The SMILES string of the molecule is CN(C)c1ccc(NC(=O)c2c[nH]ccc2=O)cc1Cl. The molecule has 0 saturated heterocycles. The van der Waals surface area contributed by atoms with Crippen molar-refractivity contribution in [2.75, 3.05) is 24.3 Å². The number of hydrogen-bond acceptors (Lipinski definition) is 3. The molecule has 104 valence electrons. The number of H-pyrrole nitrogens is 1. The Bertz CT molecular complexity index is 695. The zero-order chi connectivity index (χ0) is 14.7. The third kappa shape index (κ3) is 3.00. The van der Waals surface area contributed by atoms with Gasteiger partial charge in [0.1, 0.15) is 5.56 Å². The zero-order valence-electron chi connectivity index (χ0n) is 11.1. The molecule has 5 nitrogen and oxygen atoms in total. The summed E-state index contributed by atoms with van der Waals surface area (Å²) in [7, 11) is 3.76. The maximum atomic E-state index is 12.0. The van der Waals surface area contributed by atoms with E-state index in [0.29, 0.717) is 10.7 Å². The molecule has 6 heteroatoms. The fourth-order valence-electron chi connectivity index (χ4n) is 1.74. The number of nitrogens with one attached hydrogen (secondary N) is 2. The van der Waals surface area contributed by atoms with E-state index >= 15 is 0 Å². The highest BCUT2D eigenvalue weighted by Gasteiger charge is 2.11. The van der Waals surface area contributed by atoms with Crippen molar-refractivity contribution < 1.29 is 4.79 Å². The van der Waals surface area contributed by atoms with E-state index in [9.17, 15) is 9.59 Å². The predicted octanol–water partition coefficient (Wildman–Crippen LogP) is 2.35. The second-order valence-corrected chi connectivity index (χ2v) is 4.84. The molecule has 1 heterocycles. The van der Waals surface area contributed by atoms with Gasteiger partial charge in [-0.05, 0) is 18.2 Å². The van der Waals surface area contributed by atoms with E-state index in [1.165, 1.54) is 18.5 Å². The Morgan fingerprint density at radius 1 is 1.30 bits per heavy atom. The van der Waals surface area contributed by atoms with Crippen molar-refractivity contribution >= 4 is 28.9 Å². The van der Waals surface area contributed by atoms with Gasteiger partial charge in [-0.15, -0.1) is 0 Å². The topological polar surface area (TPSA) is 65.2 Å². The molecule has 0 fully saturated rings. The lowest BCUT2D eigenvalue weighted by molar-refractivity contribution is 0.102. The van der Waals surface area contributed by atoms with E-state index in [1.54, 1.807) is 18.2 Å². The van der Waals surface area contributed by atoms with Crippen LogP contribution in [0, 0.1) is 0 Å². The van der Waals surface area contributed by atoms with Gasteiger partial charge in [0.05, 0.1) is 10.7 Å². The van der Waals surface area contributed by atoms with E-state index in [0.717, 1.165) is 5.69 Å². The minimum atomic E-state index is -0.472. The number of pyridine rings is 1. The molecule has 0 atom stereocenters. The summed E-state index contributed by atoms with van der Waals surface area (Å²) in [5.74, 6) is -0.472. The summed E-state index contributed by atoms with van der Waals surface area (Å²) in [5.41, 5.74) is 1.11. The molecule has 2 N–H and O–H groups in total. The summed E-state index contributed by atoms with van der Waals surface area (Å²) in [4.78, 5) is 28.1. The summed E-state index contributed by atoms with van der Waals surface area (Å²) in [6.07, 6.45) is 2.84. The van der Waals surface area contributed by atoms with Crippen molar-refractivity contribution in [2.45, 2.75) is 0 Å². The largest absolute Gasteiger partial charge is 0.376 e. The van der Waals surface area contributed by atoms with Gasteiger partial charge in [0.15, 0.2) is 5.43 Å². The van der Waals surface area contributed by atoms with E-state index in [4.69, 9.17) is 11.6 Å². The van der Waals surface area contributed by atoms with E-state index < -0.39 is 5.91 Å². The van der Waals surface area contributed by atoms with Gasteiger partial charge in [-0.25, -0.2) is 0 Å². The third-order valence-corrected chi connectivity index (χ3v) is 3.06. The van der Waals surface area contributed by atoms with Gasteiger partial charge in [-0.2, -0.15) is 0 Å². The Balaban J connectivity index is 2.23. The van der Waals surface area contributed by atoms with Crippen LogP contribution in [0.2, 0.25) is 5.02 Å². The number of amides is 1. The van der Waals surface area contributed by atoms with Crippen molar-refractivity contribution in [3.8, 4) is 0 Å². The molecule has 0 spiro atoms. The number of carbonyl (C=O) groups excluding carboxylic acids is 1. The van der Waals surface area contributed by atoms with Crippen LogP contribution >= 0.6 is 11.6 Å². The molecule has 0 aliphatic rings. The lowest BCUT2D eigenvalue weighted by Gasteiger charge is -2.15. The summed E-state index contributed by atoms with van der Waals surface area (Å²) < 4.78 is 0. The quantitative estimate of drug-likeness (QED) is 0.912. The average Bonchev–Trinajstić information content (AvgIpc) is 2.38. The highest BCUT2D eigenvalue weighted by Crippen LogP contribution is 2.27. The van der Waals surface area contributed by atoms with Gasteiger partial charge in [0.25, 0.3) is 5.91 Å². The van der Waals surface area contributed by atoms with Crippen molar-refractivity contribution in [1.29, 1.82) is 0 Å². The maximum absolute atomic E-state index is 12.0. The molecule has 1 aromatic heterocycles. The summed E-state index contributed by atoms with van der Waals surface area (Å²) in [6, 6.07) is 6.48. The Morgan fingerprint density at radius 3 is 2.65 bits per heavy atom. The molecule has 0 unspecified atom stereocenters. The molecule has 2 rings (SSSR count). The number of carbonyl (C=O) groups is 1. The Labute approximate surface area is 121 Å². The number of anilines is 2. The van der Waals surface area contributed by atoms with Gasteiger partial charge in [-0.3, -0.25) is 9.59 Å². The van der Waals surface area contributed by atoms with Crippen LogP contribution < -0.4 is 15.6 Å². The molecule has 1 aromatic carbocycles. The third-order valence-electron chi connectivity index (χ3n) is 2.76. The second-order valence-electron chi connectivity index (χ2n) is 4.44. The first-order chi connectivity index (χ1) is 9.49. The van der Waals surface area contributed by atoms with Gasteiger partial charge in [-0.1, -0.05) is 11.6 Å². The lowest BCUT2D eigenvalue weighted by atomic mass is 10.2. The molecular formula is C14H14ClN3O2. The van der Waals surface area contributed by atoms with Crippen LogP contribution in [0.5, 0.6) is 0 Å². The number of aromatic amines is 1. The number of aromatic nitrogens is 1. The van der Waals surface area contributed by atoms with E-state index in [-0.39, 0.29) is 11.0 Å². The molecule has 0 saturated carbocycles. The number of rotatable bonds is 3. The summed E-state index contributed by atoms with van der Waals surface area (Å²) in [5, 5.41) is 3.17.